The predicted octanol–water partition coefficient (Wildman–Crippen LogP) is 5.27. The molecule has 6 heteroatoms. The van der Waals surface area contributed by atoms with Crippen LogP contribution in [0.3, 0.4) is 0 Å². The Morgan fingerprint density at radius 3 is 2.76 bits per heavy atom. The van der Waals surface area contributed by atoms with Crippen LogP contribution in [0.1, 0.15) is 32.1 Å². The molecule has 0 atom stereocenters. The maximum Gasteiger partial charge on any atom is 0.184 e. The van der Waals surface area contributed by atoms with Crippen molar-refractivity contribution in [1.82, 2.24) is 9.97 Å². The fourth-order valence-corrected chi connectivity index (χ4v) is 4.17. The molecular weight excluding hydrogens is 332 g/mol. The number of rotatable bonds is 5. The molecular formula is C19H22N4OS. The lowest BCUT2D eigenvalue weighted by molar-refractivity contribution is 0.462. The van der Waals surface area contributed by atoms with Crippen LogP contribution in [-0.2, 0) is 0 Å². The number of hydrogen-bond acceptors (Lipinski definition) is 6. The van der Waals surface area contributed by atoms with Crippen LogP contribution in [0.2, 0.25) is 0 Å². The van der Waals surface area contributed by atoms with E-state index in [1.54, 1.807) is 17.5 Å². The van der Waals surface area contributed by atoms with Gasteiger partial charge in [0, 0.05) is 31.4 Å². The second-order valence-corrected chi connectivity index (χ2v) is 7.39. The van der Waals surface area contributed by atoms with Crippen molar-refractivity contribution in [2.45, 2.75) is 38.1 Å². The minimum Gasteiger partial charge on any atom is -0.457 e. The minimum atomic E-state index is 0.571. The SMILES string of the molecule is CNc1cc(Oc2ccc3nc(NC4CCCCC4)sc3c2)ccn1. The Labute approximate surface area is 151 Å². The van der Waals surface area contributed by atoms with E-state index >= 15 is 0 Å². The Morgan fingerprint density at radius 2 is 1.92 bits per heavy atom. The van der Waals surface area contributed by atoms with Gasteiger partial charge in [-0.1, -0.05) is 30.6 Å². The lowest BCUT2D eigenvalue weighted by atomic mass is 9.96. The van der Waals surface area contributed by atoms with Gasteiger partial charge in [-0.3, -0.25) is 0 Å². The number of nitrogens with one attached hydrogen (secondary N) is 2. The lowest BCUT2D eigenvalue weighted by Gasteiger charge is -2.22. The van der Waals surface area contributed by atoms with Crippen LogP contribution in [0, 0.1) is 0 Å². The van der Waals surface area contributed by atoms with Crippen molar-refractivity contribution >= 4 is 32.5 Å². The summed E-state index contributed by atoms with van der Waals surface area (Å²) in [6.07, 6.45) is 8.24. The third-order valence-electron chi connectivity index (χ3n) is 4.52. The maximum absolute atomic E-state index is 5.97. The van der Waals surface area contributed by atoms with E-state index < -0.39 is 0 Å². The normalized spacial score (nSPS) is 15.2. The summed E-state index contributed by atoms with van der Waals surface area (Å²) in [5, 5.41) is 7.64. The average molecular weight is 354 g/mol. The molecule has 130 valence electrons. The molecule has 1 fully saturated rings. The zero-order chi connectivity index (χ0) is 17.1. The number of fused-ring (bicyclic) bond motifs is 1. The summed E-state index contributed by atoms with van der Waals surface area (Å²) in [6.45, 7) is 0. The van der Waals surface area contributed by atoms with E-state index in [4.69, 9.17) is 9.72 Å². The van der Waals surface area contributed by atoms with Gasteiger partial charge >= 0.3 is 0 Å². The van der Waals surface area contributed by atoms with Crippen LogP contribution in [-0.4, -0.2) is 23.1 Å². The summed E-state index contributed by atoms with van der Waals surface area (Å²) in [4.78, 5) is 8.92. The molecule has 5 nitrogen and oxygen atoms in total. The zero-order valence-electron chi connectivity index (χ0n) is 14.3. The van der Waals surface area contributed by atoms with Gasteiger partial charge in [-0.25, -0.2) is 9.97 Å². The second kappa shape index (κ2) is 7.27. The minimum absolute atomic E-state index is 0.571. The first-order valence-electron chi connectivity index (χ1n) is 8.79. The van der Waals surface area contributed by atoms with Crippen LogP contribution in [0.4, 0.5) is 10.9 Å². The Morgan fingerprint density at radius 1 is 1.08 bits per heavy atom. The second-order valence-electron chi connectivity index (χ2n) is 6.36. The number of nitrogens with zero attached hydrogens (tertiary/aromatic N) is 2. The fraction of sp³-hybridized carbons (Fsp3) is 0.368. The van der Waals surface area contributed by atoms with E-state index in [1.165, 1.54) is 32.1 Å². The zero-order valence-corrected chi connectivity index (χ0v) is 15.1. The third kappa shape index (κ3) is 3.85. The number of ether oxygens (including phenoxy) is 1. The molecule has 0 spiro atoms. The molecule has 25 heavy (non-hydrogen) atoms. The molecule has 2 aromatic heterocycles. The summed E-state index contributed by atoms with van der Waals surface area (Å²) in [7, 11) is 1.84. The Kier molecular flexibility index (Phi) is 4.70. The number of aromatic nitrogens is 2. The molecule has 0 saturated heterocycles. The summed E-state index contributed by atoms with van der Waals surface area (Å²) < 4.78 is 7.10. The first kappa shape index (κ1) is 16.1. The first-order valence-corrected chi connectivity index (χ1v) is 9.60. The smallest absolute Gasteiger partial charge is 0.184 e. The molecule has 0 amide bonds. The molecule has 0 aliphatic heterocycles. The van der Waals surface area contributed by atoms with Gasteiger partial charge in [-0.05, 0) is 31.0 Å². The summed E-state index contributed by atoms with van der Waals surface area (Å²) in [5.74, 6) is 2.37. The highest BCUT2D eigenvalue weighted by Crippen LogP contribution is 2.33. The van der Waals surface area contributed by atoms with E-state index in [9.17, 15) is 0 Å². The number of benzene rings is 1. The van der Waals surface area contributed by atoms with Gasteiger partial charge < -0.3 is 15.4 Å². The van der Waals surface area contributed by atoms with Gasteiger partial charge in [0.15, 0.2) is 5.13 Å². The van der Waals surface area contributed by atoms with Crippen LogP contribution in [0.15, 0.2) is 36.5 Å². The van der Waals surface area contributed by atoms with Gasteiger partial charge in [0.1, 0.15) is 17.3 Å². The molecule has 0 bridgehead atoms. The van der Waals surface area contributed by atoms with Crippen molar-refractivity contribution in [1.29, 1.82) is 0 Å². The highest BCUT2D eigenvalue weighted by molar-refractivity contribution is 7.22. The molecule has 2 heterocycles. The van der Waals surface area contributed by atoms with Crippen molar-refractivity contribution in [3.8, 4) is 11.5 Å². The van der Waals surface area contributed by atoms with Crippen LogP contribution >= 0.6 is 11.3 Å². The third-order valence-corrected chi connectivity index (χ3v) is 5.47. The van der Waals surface area contributed by atoms with Crippen LogP contribution in [0.25, 0.3) is 10.2 Å². The van der Waals surface area contributed by atoms with Crippen molar-refractivity contribution < 1.29 is 4.74 Å². The molecule has 0 radical (unpaired) electrons. The number of hydrogen-bond donors (Lipinski definition) is 2. The van der Waals surface area contributed by atoms with E-state index in [0.29, 0.717) is 6.04 Å². The van der Waals surface area contributed by atoms with Crippen molar-refractivity contribution in [3.05, 3.63) is 36.5 Å². The molecule has 1 aliphatic rings. The molecule has 1 aromatic carbocycles. The Hall–Kier alpha value is -2.34. The van der Waals surface area contributed by atoms with E-state index in [0.717, 1.165) is 32.7 Å². The fourth-order valence-electron chi connectivity index (χ4n) is 3.20. The molecule has 1 saturated carbocycles. The lowest BCUT2D eigenvalue weighted by Crippen LogP contribution is -2.21. The van der Waals surface area contributed by atoms with Gasteiger partial charge in [0.05, 0.1) is 10.2 Å². The van der Waals surface area contributed by atoms with Crippen molar-refractivity contribution in [2.24, 2.45) is 0 Å². The van der Waals surface area contributed by atoms with Crippen molar-refractivity contribution in [2.75, 3.05) is 17.7 Å². The number of pyridine rings is 1. The first-order chi connectivity index (χ1) is 12.3. The highest BCUT2D eigenvalue weighted by Gasteiger charge is 2.15. The molecule has 0 unspecified atom stereocenters. The van der Waals surface area contributed by atoms with Crippen LogP contribution in [0.5, 0.6) is 11.5 Å². The van der Waals surface area contributed by atoms with Gasteiger partial charge in [0.25, 0.3) is 0 Å². The largest absolute Gasteiger partial charge is 0.457 e. The number of thiazole rings is 1. The van der Waals surface area contributed by atoms with Crippen LogP contribution < -0.4 is 15.4 Å². The van der Waals surface area contributed by atoms with E-state index in [-0.39, 0.29) is 0 Å². The number of anilines is 2. The molecule has 1 aliphatic carbocycles. The van der Waals surface area contributed by atoms with Gasteiger partial charge in [-0.2, -0.15) is 0 Å². The molecule has 3 aromatic rings. The summed E-state index contributed by atoms with van der Waals surface area (Å²) >= 11 is 1.70. The van der Waals surface area contributed by atoms with E-state index in [2.05, 4.69) is 21.7 Å². The topological polar surface area (TPSA) is 59.1 Å². The highest BCUT2D eigenvalue weighted by atomic mass is 32.1. The van der Waals surface area contributed by atoms with Gasteiger partial charge in [-0.15, -0.1) is 0 Å². The predicted molar refractivity (Wildman–Crippen MR) is 104 cm³/mol. The molecule has 4 rings (SSSR count). The Balaban J connectivity index is 1.51. The Bertz CT molecular complexity index is 858. The summed E-state index contributed by atoms with van der Waals surface area (Å²) in [5.41, 5.74) is 1.02. The van der Waals surface area contributed by atoms with E-state index in [1.807, 2.05) is 31.3 Å². The van der Waals surface area contributed by atoms with Gasteiger partial charge in [0.2, 0.25) is 0 Å². The summed E-state index contributed by atoms with van der Waals surface area (Å²) in [6, 6.07) is 10.3. The maximum atomic E-state index is 5.97. The standard InChI is InChI=1S/C19H22N4OS/c1-20-18-12-15(9-10-21-18)24-14-7-8-16-17(11-14)25-19(23-16)22-13-5-3-2-4-6-13/h7-13H,2-6H2,1H3,(H,20,21)(H,22,23). The van der Waals surface area contributed by atoms with Crippen molar-refractivity contribution in [3.63, 3.8) is 0 Å². The average Bonchev–Trinajstić information content (AvgIpc) is 3.04. The molecule has 2 N–H and O–H groups in total. The quantitative estimate of drug-likeness (QED) is 0.653. The monoisotopic (exact) mass is 354 g/mol.